The van der Waals surface area contributed by atoms with E-state index < -0.39 is 0 Å². The Labute approximate surface area is 173 Å². The quantitative estimate of drug-likeness (QED) is 0.689. The molecule has 0 spiro atoms. The van der Waals surface area contributed by atoms with Crippen molar-refractivity contribution in [2.75, 3.05) is 13.2 Å². The van der Waals surface area contributed by atoms with Gasteiger partial charge in [-0.2, -0.15) is 5.10 Å². The van der Waals surface area contributed by atoms with E-state index in [-0.39, 0.29) is 17.8 Å². The number of amides is 1. The second-order valence-electron chi connectivity index (χ2n) is 7.31. The van der Waals surface area contributed by atoms with Crippen molar-refractivity contribution < 1.29 is 13.9 Å². The fourth-order valence-electron chi connectivity index (χ4n) is 3.69. The van der Waals surface area contributed by atoms with Crippen LogP contribution in [0.25, 0.3) is 5.65 Å². The Morgan fingerprint density at radius 2 is 2.24 bits per heavy atom. The minimum Gasteiger partial charge on any atom is -0.376 e. The Morgan fingerprint density at radius 3 is 2.97 bits per heavy atom. The summed E-state index contributed by atoms with van der Waals surface area (Å²) >= 11 is 6.19. The van der Waals surface area contributed by atoms with Gasteiger partial charge in [0.05, 0.1) is 12.3 Å². The number of hydrogen-bond donors (Lipinski definition) is 1. The molecule has 4 rings (SSSR count). The van der Waals surface area contributed by atoms with E-state index in [1.807, 2.05) is 13.8 Å². The maximum absolute atomic E-state index is 13.3. The zero-order chi connectivity index (χ0) is 20.5. The lowest BCUT2D eigenvalue weighted by Crippen LogP contribution is -2.31. The minimum absolute atomic E-state index is 0.0734. The van der Waals surface area contributed by atoms with E-state index in [1.165, 1.54) is 18.3 Å². The average Bonchev–Trinajstić information content (AvgIpc) is 3.34. The van der Waals surface area contributed by atoms with Crippen LogP contribution in [-0.2, 0) is 11.2 Å². The molecule has 6 nitrogen and oxygen atoms in total. The van der Waals surface area contributed by atoms with Gasteiger partial charge in [0.2, 0.25) is 0 Å². The van der Waals surface area contributed by atoms with Gasteiger partial charge >= 0.3 is 0 Å². The molecule has 1 N–H and O–H groups in total. The maximum Gasteiger partial charge on any atom is 0.256 e. The molecule has 0 bridgehead atoms. The van der Waals surface area contributed by atoms with E-state index in [4.69, 9.17) is 16.3 Å². The van der Waals surface area contributed by atoms with Crippen LogP contribution in [0.3, 0.4) is 0 Å². The number of nitrogens with zero attached hydrogens (tertiary/aromatic N) is 3. The zero-order valence-corrected chi connectivity index (χ0v) is 17.1. The van der Waals surface area contributed by atoms with Crippen LogP contribution in [0.2, 0.25) is 5.02 Å². The standard InChI is InChI=1S/C21H22ClFN4O2/c1-12-17(8-14-5-6-15(23)9-19(14)22)13(2)27-20(26-12)18(11-25-27)21(28)24-10-16-4-3-7-29-16/h5-6,9,11,16H,3-4,7-8,10H2,1-2H3,(H,24,28)/t16-/m0/s1. The molecule has 1 atom stereocenters. The van der Waals surface area contributed by atoms with E-state index in [0.29, 0.717) is 29.2 Å². The second-order valence-corrected chi connectivity index (χ2v) is 7.72. The molecule has 3 aromatic rings. The van der Waals surface area contributed by atoms with Gasteiger partial charge in [-0.25, -0.2) is 13.9 Å². The van der Waals surface area contributed by atoms with Gasteiger partial charge in [-0.15, -0.1) is 0 Å². The average molecular weight is 417 g/mol. The number of ether oxygens (including phenoxy) is 1. The lowest BCUT2D eigenvalue weighted by Gasteiger charge is -2.13. The third kappa shape index (κ3) is 3.97. The highest BCUT2D eigenvalue weighted by atomic mass is 35.5. The van der Waals surface area contributed by atoms with Crippen LogP contribution >= 0.6 is 11.6 Å². The smallest absolute Gasteiger partial charge is 0.256 e. The van der Waals surface area contributed by atoms with E-state index in [9.17, 15) is 9.18 Å². The molecule has 0 unspecified atom stereocenters. The predicted octanol–water partition coefficient (Wildman–Crippen LogP) is 3.64. The second kappa shape index (κ2) is 8.08. The molecule has 29 heavy (non-hydrogen) atoms. The largest absolute Gasteiger partial charge is 0.376 e. The third-order valence-electron chi connectivity index (χ3n) is 5.35. The number of halogens is 2. The zero-order valence-electron chi connectivity index (χ0n) is 16.3. The van der Waals surface area contributed by atoms with Gasteiger partial charge in [0.25, 0.3) is 5.91 Å². The first kappa shape index (κ1) is 19.8. The van der Waals surface area contributed by atoms with Crippen molar-refractivity contribution in [2.24, 2.45) is 0 Å². The van der Waals surface area contributed by atoms with Crippen molar-refractivity contribution in [3.05, 3.63) is 63.3 Å². The molecule has 1 aliphatic rings. The van der Waals surface area contributed by atoms with Crippen molar-refractivity contribution in [1.29, 1.82) is 0 Å². The number of carbonyl (C=O) groups is 1. The monoisotopic (exact) mass is 416 g/mol. The van der Waals surface area contributed by atoms with Crippen molar-refractivity contribution in [2.45, 2.75) is 39.2 Å². The highest BCUT2D eigenvalue weighted by Crippen LogP contribution is 2.25. The fourth-order valence-corrected chi connectivity index (χ4v) is 3.92. The van der Waals surface area contributed by atoms with Crippen LogP contribution < -0.4 is 5.32 Å². The Hall–Kier alpha value is -2.51. The van der Waals surface area contributed by atoms with Crippen LogP contribution in [0.5, 0.6) is 0 Å². The minimum atomic E-state index is -0.369. The molecule has 0 saturated carbocycles. The number of fused-ring (bicyclic) bond motifs is 1. The lowest BCUT2D eigenvalue weighted by molar-refractivity contribution is 0.0859. The molecule has 0 aliphatic carbocycles. The summed E-state index contributed by atoms with van der Waals surface area (Å²) in [4.78, 5) is 17.3. The van der Waals surface area contributed by atoms with E-state index in [1.54, 1.807) is 10.6 Å². The molecule has 1 saturated heterocycles. The summed E-state index contributed by atoms with van der Waals surface area (Å²) in [7, 11) is 0. The molecule has 8 heteroatoms. The molecule has 2 aromatic heterocycles. The Morgan fingerprint density at radius 1 is 1.41 bits per heavy atom. The summed E-state index contributed by atoms with van der Waals surface area (Å²) in [6.07, 6.45) is 4.09. The SMILES string of the molecule is Cc1nc2c(C(=O)NC[C@@H]3CCCO3)cnn2c(C)c1Cc1ccc(F)cc1Cl. The maximum atomic E-state index is 13.3. The summed E-state index contributed by atoms with van der Waals surface area (Å²) in [6.45, 7) is 5.05. The number of aromatic nitrogens is 3. The third-order valence-corrected chi connectivity index (χ3v) is 5.70. The molecule has 1 fully saturated rings. The normalized spacial score (nSPS) is 16.5. The van der Waals surface area contributed by atoms with E-state index in [0.717, 1.165) is 42.0 Å². The van der Waals surface area contributed by atoms with Crippen molar-refractivity contribution >= 4 is 23.2 Å². The number of benzene rings is 1. The van der Waals surface area contributed by atoms with Crippen LogP contribution in [0.1, 0.15) is 45.7 Å². The van der Waals surface area contributed by atoms with Crippen molar-refractivity contribution in [3.8, 4) is 0 Å². The first-order valence-corrected chi connectivity index (χ1v) is 9.99. The molecular weight excluding hydrogens is 395 g/mol. The highest BCUT2D eigenvalue weighted by Gasteiger charge is 2.21. The highest BCUT2D eigenvalue weighted by molar-refractivity contribution is 6.31. The summed E-state index contributed by atoms with van der Waals surface area (Å²) in [5.41, 5.74) is 4.34. The number of nitrogens with one attached hydrogen (secondary N) is 1. The van der Waals surface area contributed by atoms with Crippen LogP contribution in [0.4, 0.5) is 4.39 Å². The Bertz CT molecular complexity index is 1080. The first-order valence-electron chi connectivity index (χ1n) is 9.61. The number of aryl methyl sites for hydroxylation is 2. The number of hydrogen-bond acceptors (Lipinski definition) is 4. The molecule has 152 valence electrons. The molecule has 0 radical (unpaired) electrons. The Balaban J connectivity index is 1.61. The molecule has 1 aliphatic heterocycles. The van der Waals surface area contributed by atoms with E-state index >= 15 is 0 Å². The first-order chi connectivity index (χ1) is 13.9. The van der Waals surface area contributed by atoms with Gasteiger partial charge in [-0.3, -0.25) is 4.79 Å². The van der Waals surface area contributed by atoms with Gasteiger partial charge in [0.1, 0.15) is 11.4 Å². The van der Waals surface area contributed by atoms with Crippen LogP contribution in [-0.4, -0.2) is 39.8 Å². The van der Waals surface area contributed by atoms with Gasteiger partial charge in [-0.05, 0) is 49.9 Å². The molecule has 1 aromatic carbocycles. The summed E-state index contributed by atoms with van der Waals surface area (Å²) in [6, 6.07) is 4.37. The van der Waals surface area contributed by atoms with Crippen molar-refractivity contribution in [3.63, 3.8) is 0 Å². The summed E-state index contributed by atoms with van der Waals surface area (Å²) in [5, 5.41) is 7.66. The topological polar surface area (TPSA) is 68.5 Å². The van der Waals surface area contributed by atoms with Crippen LogP contribution in [0, 0.1) is 19.7 Å². The van der Waals surface area contributed by atoms with Gasteiger partial charge in [0.15, 0.2) is 5.65 Å². The van der Waals surface area contributed by atoms with Crippen LogP contribution in [0.15, 0.2) is 24.4 Å². The van der Waals surface area contributed by atoms with Gasteiger partial charge < -0.3 is 10.1 Å². The fraction of sp³-hybridized carbons (Fsp3) is 0.381. The number of rotatable bonds is 5. The van der Waals surface area contributed by atoms with E-state index in [2.05, 4.69) is 15.4 Å². The van der Waals surface area contributed by atoms with Gasteiger partial charge in [0, 0.05) is 36.0 Å². The molecule has 1 amide bonds. The lowest BCUT2D eigenvalue weighted by atomic mass is 10.0. The molecular formula is C21H22ClFN4O2. The predicted molar refractivity (Wildman–Crippen MR) is 108 cm³/mol. The van der Waals surface area contributed by atoms with Crippen molar-refractivity contribution in [1.82, 2.24) is 19.9 Å². The number of carbonyl (C=O) groups excluding carboxylic acids is 1. The summed E-state index contributed by atoms with van der Waals surface area (Å²) in [5.74, 6) is -0.581. The Kier molecular flexibility index (Phi) is 5.52. The summed E-state index contributed by atoms with van der Waals surface area (Å²) < 4.78 is 20.6. The van der Waals surface area contributed by atoms with Gasteiger partial charge in [-0.1, -0.05) is 17.7 Å². The molecule has 3 heterocycles.